The van der Waals surface area contributed by atoms with Gasteiger partial charge in [-0.1, -0.05) is 0 Å². The van der Waals surface area contributed by atoms with Crippen LogP contribution in [0.4, 0.5) is 17.1 Å². The number of nitro groups is 2. The molecule has 0 heterocycles. The maximum atomic E-state index is 11.8. The molecule has 0 aliphatic heterocycles. The molecule has 100 valence electrons. The molecular weight excluding hydrogens is 256 g/mol. The van der Waals surface area contributed by atoms with Gasteiger partial charge in [0.15, 0.2) is 5.69 Å². The average molecular weight is 266 g/mol. The van der Waals surface area contributed by atoms with Crippen molar-refractivity contribution in [3.8, 4) is 0 Å². The van der Waals surface area contributed by atoms with Gasteiger partial charge in [-0.2, -0.15) is 0 Å². The van der Waals surface area contributed by atoms with Gasteiger partial charge in [0.05, 0.1) is 15.4 Å². The zero-order valence-corrected chi connectivity index (χ0v) is 9.66. The maximum Gasteiger partial charge on any atom is 0.300 e. The Morgan fingerprint density at radius 3 is 2.05 bits per heavy atom. The van der Waals surface area contributed by atoms with E-state index in [1.54, 1.807) is 0 Å². The number of amides is 1. The van der Waals surface area contributed by atoms with E-state index in [-0.39, 0.29) is 11.6 Å². The average Bonchev–Trinajstić information content (AvgIpc) is 3.12. The third-order valence-corrected chi connectivity index (χ3v) is 2.70. The molecule has 9 nitrogen and oxygen atoms in total. The summed E-state index contributed by atoms with van der Waals surface area (Å²) in [6, 6.07) is 1.93. The van der Waals surface area contributed by atoms with Crippen molar-refractivity contribution < 1.29 is 14.6 Å². The van der Waals surface area contributed by atoms with Gasteiger partial charge in [-0.05, 0) is 12.8 Å². The summed E-state index contributed by atoms with van der Waals surface area (Å²) in [6.45, 7) is 0. The lowest BCUT2D eigenvalue weighted by Gasteiger charge is -2.05. The number of rotatable bonds is 4. The smallest absolute Gasteiger partial charge is 0.300 e. The highest BCUT2D eigenvalue weighted by atomic mass is 16.6. The fourth-order valence-corrected chi connectivity index (χ4v) is 1.55. The van der Waals surface area contributed by atoms with Crippen LogP contribution < -0.4 is 11.1 Å². The third-order valence-electron chi connectivity index (χ3n) is 2.70. The predicted octanol–water partition coefficient (Wildman–Crippen LogP) is 0.977. The fraction of sp³-hybridized carbons (Fsp3) is 0.300. The van der Waals surface area contributed by atoms with Gasteiger partial charge >= 0.3 is 0 Å². The standard InChI is InChI=1S/C10H10N4O5/c11-9-7(13(16)17)3-5(4-8(9)14(18)19)10(15)12-6-1-2-6/h3-4,6H,1-2,11H2,(H,12,15). The summed E-state index contributed by atoms with van der Waals surface area (Å²) in [5.41, 5.74) is 3.37. The fourth-order valence-electron chi connectivity index (χ4n) is 1.55. The van der Waals surface area contributed by atoms with Crippen LogP contribution in [-0.4, -0.2) is 21.8 Å². The topological polar surface area (TPSA) is 141 Å². The summed E-state index contributed by atoms with van der Waals surface area (Å²) in [6.07, 6.45) is 1.68. The second-order valence-electron chi connectivity index (χ2n) is 4.19. The van der Waals surface area contributed by atoms with E-state index in [0.29, 0.717) is 0 Å². The zero-order valence-electron chi connectivity index (χ0n) is 9.66. The minimum absolute atomic E-state index is 0.0446. The van der Waals surface area contributed by atoms with Crippen molar-refractivity contribution in [1.29, 1.82) is 0 Å². The van der Waals surface area contributed by atoms with Gasteiger partial charge in [0.2, 0.25) is 0 Å². The summed E-state index contributed by atoms with van der Waals surface area (Å²) < 4.78 is 0. The van der Waals surface area contributed by atoms with Gasteiger partial charge in [-0.15, -0.1) is 0 Å². The van der Waals surface area contributed by atoms with Gasteiger partial charge in [0.1, 0.15) is 0 Å². The van der Waals surface area contributed by atoms with Crippen molar-refractivity contribution in [3.63, 3.8) is 0 Å². The second kappa shape index (κ2) is 4.52. The van der Waals surface area contributed by atoms with Gasteiger partial charge in [-0.3, -0.25) is 25.0 Å². The lowest BCUT2D eigenvalue weighted by atomic mass is 10.1. The molecule has 0 saturated heterocycles. The number of anilines is 1. The zero-order chi connectivity index (χ0) is 14.2. The highest BCUT2D eigenvalue weighted by Gasteiger charge is 2.29. The molecule has 0 aromatic heterocycles. The van der Waals surface area contributed by atoms with E-state index in [1.807, 2.05) is 0 Å². The van der Waals surface area contributed by atoms with Crippen LogP contribution >= 0.6 is 0 Å². The van der Waals surface area contributed by atoms with Gasteiger partial charge < -0.3 is 11.1 Å². The van der Waals surface area contributed by atoms with Crippen LogP contribution in [0, 0.1) is 20.2 Å². The molecule has 19 heavy (non-hydrogen) atoms. The van der Waals surface area contributed by atoms with Crippen LogP contribution in [0.3, 0.4) is 0 Å². The number of nitrogens with one attached hydrogen (secondary N) is 1. The van der Waals surface area contributed by atoms with Crippen LogP contribution in [0.25, 0.3) is 0 Å². The first-order chi connectivity index (χ1) is 8.90. The molecular formula is C10H10N4O5. The molecule has 1 aromatic rings. The molecule has 3 N–H and O–H groups in total. The molecule has 0 bridgehead atoms. The Morgan fingerprint density at radius 2 is 1.68 bits per heavy atom. The first-order valence-electron chi connectivity index (χ1n) is 5.43. The van der Waals surface area contributed by atoms with Crippen molar-refractivity contribution >= 4 is 23.0 Å². The van der Waals surface area contributed by atoms with Gasteiger partial charge in [-0.25, -0.2) is 0 Å². The van der Waals surface area contributed by atoms with Crippen LogP contribution in [0.1, 0.15) is 23.2 Å². The normalized spacial score (nSPS) is 13.9. The Morgan fingerprint density at radius 1 is 1.21 bits per heavy atom. The van der Waals surface area contributed by atoms with Crippen LogP contribution in [0.15, 0.2) is 12.1 Å². The molecule has 1 aliphatic rings. The number of hydrogen-bond acceptors (Lipinski definition) is 6. The molecule has 9 heteroatoms. The molecule has 2 rings (SSSR count). The summed E-state index contributed by atoms with van der Waals surface area (Å²) in [7, 11) is 0. The highest BCUT2D eigenvalue weighted by Crippen LogP contribution is 2.33. The molecule has 1 aliphatic carbocycles. The van der Waals surface area contributed by atoms with Crippen molar-refractivity contribution in [2.75, 3.05) is 5.73 Å². The minimum atomic E-state index is -0.851. The number of nitrogen functional groups attached to an aromatic ring is 1. The van der Waals surface area contributed by atoms with Gasteiger partial charge in [0, 0.05) is 18.2 Å². The molecule has 1 saturated carbocycles. The molecule has 0 unspecified atom stereocenters. The number of nitro benzene ring substituents is 2. The molecule has 0 atom stereocenters. The second-order valence-corrected chi connectivity index (χ2v) is 4.19. The van der Waals surface area contributed by atoms with Crippen molar-refractivity contribution in [1.82, 2.24) is 5.32 Å². The first kappa shape index (κ1) is 12.7. The van der Waals surface area contributed by atoms with Crippen molar-refractivity contribution in [2.45, 2.75) is 18.9 Å². The van der Waals surface area contributed by atoms with Crippen molar-refractivity contribution in [2.24, 2.45) is 0 Å². The van der Waals surface area contributed by atoms with E-state index in [0.717, 1.165) is 25.0 Å². The number of benzene rings is 1. The van der Waals surface area contributed by atoms with Crippen molar-refractivity contribution in [3.05, 3.63) is 37.9 Å². The largest absolute Gasteiger partial charge is 0.388 e. The van der Waals surface area contributed by atoms with Crippen LogP contribution in [-0.2, 0) is 0 Å². The number of carbonyl (C=O) groups excluding carboxylic acids is 1. The molecule has 1 aromatic carbocycles. The van der Waals surface area contributed by atoms with Crippen LogP contribution in [0.2, 0.25) is 0 Å². The lowest BCUT2D eigenvalue weighted by Crippen LogP contribution is -2.25. The molecule has 1 fully saturated rings. The summed E-state index contributed by atoms with van der Waals surface area (Å²) in [5, 5.41) is 24.2. The Bertz CT molecular complexity index is 546. The Balaban J connectivity index is 2.45. The number of nitrogens with two attached hydrogens (primary N) is 1. The van der Waals surface area contributed by atoms with Crippen LogP contribution in [0.5, 0.6) is 0 Å². The van der Waals surface area contributed by atoms with E-state index in [2.05, 4.69) is 5.32 Å². The van der Waals surface area contributed by atoms with Gasteiger partial charge in [0.25, 0.3) is 17.3 Å². The summed E-state index contributed by atoms with van der Waals surface area (Å²) in [5.74, 6) is -0.575. The molecule has 0 radical (unpaired) electrons. The Labute approximate surface area is 106 Å². The highest BCUT2D eigenvalue weighted by molar-refractivity contribution is 5.97. The SMILES string of the molecule is Nc1c([N+](=O)[O-])cc(C(=O)NC2CC2)cc1[N+](=O)[O-]. The summed E-state index contributed by atoms with van der Waals surface area (Å²) >= 11 is 0. The predicted molar refractivity (Wildman–Crippen MR) is 64.7 cm³/mol. The van der Waals surface area contributed by atoms with E-state index in [4.69, 9.17) is 5.73 Å². The lowest BCUT2D eigenvalue weighted by molar-refractivity contribution is -0.392. The quantitative estimate of drug-likeness (QED) is 0.472. The van der Waals surface area contributed by atoms with E-state index in [1.165, 1.54) is 0 Å². The number of hydrogen-bond donors (Lipinski definition) is 2. The van der Waals surface area contributed by atoms with E-state index < -0.39 is 32.8 Å². The molecule has 0 spiro atoms. The molecule has 1 amide bonds. The minimum Gasteiger partial charge on any atom is -0.388 e. The van der Waals surface area contributed by atoms with E-state index in [9.17, 15) is 25.0 Å². The summed E-state index contributed by atoms with van der Waals surface area (Å²) in [4.78, 5) is 31.6. The monoisotopic (exact) mass is 266 g/mol. The number of nitrogens with zero attached hydrogens (tertiary/aromatic N) is 2. The maximum absolute atomic E-state index is 11.8. The Kier molecular flexibility index (Phi) is 3.03. The first-order valence-corrected chi connectivity index (χ1v) is 5.43. The third kappa shape index (κ3) is 2.59. The Hall–Kier alpha value is -2.71. The number of carbonyl (C=O) groups is 1. The van der Waals surface area contributed by atoms with E-state index >= 15 is 0 Å².